The van der Waals surface area contributed by atoms with Gasteiger partial charge in [0.05, 0.1) is 0 Å². The fourth-order valence-corrected chi connectivity index (χ4v) is 2.65. The zero-order valence-electron chi connectivity index (χ0n) is 12.0. The molecule has 1 saturated heterocycles. The SMILES string of the molecule is NCCCn1c(=O)ccn(CCCN2CCCC2)c1=O. The fraction of sp³-hybridized carbons (Fsp3) is 0.714. The zero-order chi connectivity index (χ0) is 14.4. The highest BCUT2D eigenvalue weighted by Crippen LogP contribution is 2.07. The molecule has 2 rings (SSSR count). The lowest BCUT2D eigenvalue weighted by molar-refractivity contribution is 0.323. The van der Waals surface area contributed by atoms with Crippen molar-refractivity contribution in [2.24, 2.45) is 5.73 Å². The van der Waals surface area contributed by atoms with Crippen LogP contribution in [0.3, 0.4) is 0 Å². The van der Waals surface area contributed by atoms with E-state index in [9.17, 15) is 9.59 Å². The third-order valence-electron chi connectivity index (χ3n) is 3.80. The van der Waals surface area contributed by atoms with E-state index in [1.165, 1.54) is 36.6 Å². The maximum absolute atomic E-state index is 12.2. The second-order valence-electron chi connectivity index (χ2n) is 5.33. The molecule has 1 aromatic rings. The molecular formula is C14H24N4O2. The molecule has 0 aromatic carbocycles. The minimum Gasteiger partial charge on any atom is -0.330 e. The molecule has 0 unspecified atom stereocenters. The number of hydrogen-bond donors (Lipinski definition) is 1. The van der Waals surface area contributed by atoms with Crippen LogP contribution in [0.4, 0.5) is 0 Å². The minimum absolute atomic E-state index is 0.215. The van der Waals surface area contributed by atoms with Crippen LogP contribution < -0.4 is 17.0 Å². The van der Waals surface area contributed by atoms with Gasteiger partial charge in [-0.05, 0) is 51.9 Å². The summed E-state index contributed by atoms with van der Waals surface area (Å²) in [5.41, 5.74) is 4.98. The van der Waals surface area contributed by atoms with Crippen LogP contribution in [-0.4, -0.2) is 40.2 Å². The van der Waals surface area contributed by atoms with E-state index in [4.69, 9.17) is 5.73 Å². The molecule has 6 nitrogen and oxygen atoms in total. The Hall–Kier alpha value is -1.40. The van der Waals surface area contributed by atoms with E-state index < -0.39 is 0 Å². The molecule has 0 saturated carbocycles. The van der Waals surface area contributed by atoms with Gasteiger partial charge < -0.3 is 15.2 Å². The Balaban J connectivity index is 1.96. The molecule has 0 radical (unpaired) electrons. The average molecular weight is 280 g/mol. The molecule has 112 valence electrons. The van der Waals surface area contributed by atoms with E-state index in [-0.39, 0.29) is 11.2 Å². The van der Waals surface area contributed by atoms with Crippen molar-refractivity contribution in [3.63, 3.8) is 0 Å². The number of aryl methyl sites for hydroxylation is 1. The Kier molecular flexibility index (Phi) is 5.55. The van der Waals surface area contributed by atoms with Gasteiger partial charge in [-0.15, -0.1) is 0 Å². The Morgan fingerprint density at radius 2 is 1.80 bits per heavy atom. The summed E-state index contributed by atoms with van der Waals surface area (Å²) in [6.45, 7) is 4.92. The number of nitrogens with two attached hydrogens (primary N) is 1. The molecule has 0 aliphatic carbocycles. The number of hydrogen-bond acceptors (Lipinski definition) is 4. The largest absolute Gasteiger partial charge is 0.330 e. The molecule has 0 bridgehead atoms. The Morgan fingerprint density at radius 1 is 1.05 bits per heavy atom. The van der Waals surface area contributed by atoms with Crippen LogP contribution >= 0.6 is 0 Å². The van der Waals surface area contributed by atoms with Crippen LogP contribution in [-0.2, 0) is 13.1 Å². The van der Waals surface area contributed by atoms with E-state index >= 15 is 0 Å². The van der Waals surface area contributed by atoms with Crippen LogP contribution in [0.2, 0.25) is 0 Å². The van der Waals surface area contributed by atoms with Crippen LogP contribution in [0.5, 0.6) is 0 Å². The van der Waals surface area contributed by atoms with Gasteiger partial charge in [0.15, 0.2) is 0 Å². The summed E-state index contributed by atoms with van der Waals surface area (Å²) >= 11 is 0. The third kappa shape index (κ3) is 3.80. The summed E-state index contributed by atoms with van der Waals surface area (Å²) in [6.07, 6.45) is 5.75. The maximum Gasteiger partial charge on any atom is 0.330 e. The van der Waals surface area contributed by atoms with Crippen molar-refractivity contribution in [1.29, 1.82) is 0 Å². The van der Waals surface area contributed by atoms with Gasteiger partial charge in [0.25, 0.3) is 5.56 Å². The van der Waals surface area contributed by atoms with Gasteiger partial charge in [0.2, 0.25) is 0 Å². The van der Waals surface area contributed by atoms with Crippen molar-refractivity contribution in [1.82, 2.24) is 14.0 Å². The topological polar surface area (TPSA) is 73.3 Å². The van der Waals surface area contributed by atoms with Gasteiger partial charge in [0.1, 0.15) is 0 Å². The number of nitrogens with zero attached hydrogens (tertiary/aromatic N) is 3. The smallest absolute Gasteiger partial charge is 0.330 e. The molecule has 1 aromatic heterocycles. The van der Waals surface area contributed by atoms with Crippen molar-refractivity contribution in [3.05, 3.63) is 33.1 Å². The molecule has 0 amide bonds. The average Bonchev–Trinajstić information content (AvgIpc) is 2.94. The summed E-state index contributed by atoms with van der Waals surface area (Å²) in [5, 5.41) is 0. The molecule has 0 spiro atoms. The third-order valence-corrected chi connectivity index (χ3v) is 3.80. The number of aromatic nitrogens is 2. The van der Waals surface area contributed by atoms with Gasteiger partial charge in [0, 0.05) is 25.4 Å². The summed E-state index contributed by atoms with van der Waals surface area (Å²) in [4.78, 5) is 26.3. The Labute approximate surface area is 118 Å². The number of rotatable bonds is 7. The van der Waals surface area contributed by atoms with E-state index in [0.29, 0.717) is 26.1 Å². The van der Waals surface area contributed by atoms with Crippen LogP contribution in [0.15, 0.2) is 21.9 Å². The molecule has 1 aliphatic heterocycles. The lowest BCUT2D eigenvalue weighted by Crippen LogP contribution is -2.39. The predicted octanol–water partition coefficient (Wildman–Crippen LogP) is -0.155. The van der Waals surface area contributed by atoms with Crippen LogP contribution in [0, 0.1) is 0 Å². The van der Waals surface area contributed by atoms with Gasteiger partial charge >= 0.3 is 5.69 Å². The van der Waals surface area contributed by atoms with Crippen molar-refractivity contribution in [2.75, 3.05) is 26.2 Å². The molecule has 2 N–H and O–H groups in total. The molecule has 20 heavy (non-hydrogen) atoms. The molecule has 1 fully saturated rings. The Morgan fingerprint density at radius 3 is 2.50 bits per heavy atom. The lowest BCUT2D eigenvalue weighted by atomic mass is 10.3. The van der Waals surface area contributed by atoms with Gasteiger partial charge in [-0.1, -0.05) is 0 Å². The molecular weight excluding hydrogens is 256 g/mol. The van der Waals surface area contributed by atoms with Crippen LogP contribution in [0.25, 0.3) is 0 Å². The first-order chi connectivity index (χ1) is 9.72. The summed E-state index contributed by atoms with van der Waals surface area (Å²) < 4.78 is 2.91. The van der Waals surface area contributed by atoms with E-state index in [1.807, 2.05) is 0 Å². The fourth-order valence-electron chi connectivity index (χ4n) is 2.65. The van der Waals surface area contributed by atoms with Crippen molar-refractivity contribution >= 4 is 0 Å². The molecule has 1 aliphatic rings. The summed E-state index contributed by atoms with van der Waals surface area (Å²) in [7, 11) is 0. The van der Waals surface area contributed by atoms with Gasteiger partial charge in [-0.2, -0.15) is 0 Å². The second-order valence-corrected chi connectivity index (χ2v) is 5.33. The first-order valence-corrected chi connectivity index (χ1v) is 7.45. The van der Waals surface area contributed by atoms with E-state index in [2.05, 4.69) is 4.90 Å². The minimum atomic E-state index is -0.237. The van der Waals surface area contributed by atoms with E-state index in [0.717, 1.165) is 13.0 Å². The molecule has 0 atom stereocenters. The van der Waals surface area contributed by atoms with Gasteiger partial charge in [-0.3, -0.25) is 9.36 Å². The standard InChI is InChI=1S/C14H24N4O2/c15-6-3-11-18-13(19)5-12-17(14(18)20)10-4-9-16-7-1-2-8-16/h5,12H,1-4,6-11,15H2. The van der Waals surface area contributed by atoms with Crippen molar-refractivity contribution in [3.8, 4) is 0 Å². The van der Waals surface area contributed by atoms with E-state index in [1.54, 1.807) is 10.8 Å². The quantitative estimate of drug-likeness (QED) is 0.753. The second kappa shape index (κ2) is 7.40. The highest BCUT2D eigenvalue weighted by atomic mass is 16.2. The normalized spacial score (nSPS) is 15.8. The Bertz CT molecular complexity index is 529. The highest BCUT2D eigenvalue weighted by molar-refractivity contribution is 4.86. The monoisotopic (exact) mass is 280 g/mol. The van der Waals surface area contributed by atoms with Gasteiger partial charge in [-0.25, -0.2) is 4.79 Å². The summed E-state index contributed by atoms with van der Waals surface area (Å²) in [5.74, 6) is 0. The van der Waals surface area contributed by atoms with Crippen LogP contribution in [0.1, 0.15) is 25.7 Å². The molecule has 6 heteroatoms. The first-order valence-electron chi connectivity index (χ1n) is 7.45. The lowest BCUT2D eigenvalue weighted by Gasteiger charge is -2.15. The maximum atomic E-state index is 12.2. The van der Waals surface area contributed by atoms with Crippen molar-refractivity contribution < 1.29 is 0 Å². The predicted molar refractivity (Wildman–Crippen MR) is 78.9 cm³/mol. The highest BCUT2D eigenvalue weighted by Gasteiger charge is 2.11. The van der Waals surface area contributed by atoms with Crippen molar-refractivity contribution in [2.45, 2.75) is 38.8 Å². The first kappa shape index (κ1) is 15.0. The number of likely N-dealkylation sites (tertiary alicyclic amines) is 1. The summed E-state index contributed by atoms with van der Waals surface area (Å²) in [6, 6.07) is 1.47. The molecule has 2 heterocycles. The zero-order valence-corrected chi connectivity index (χ0v) is 12.0.